The molecule has 2 saturated heterocycles. The van der Waals surface area contributed by atoms with Crippen LogP contribution in [0.4, 0.5) is 4.79 Å². The van der Waals surface area contributed by atoms with Gasteiger partial charge in [-0.2, -0.15) is 0 Å². The third-order valence-electron chi connectivity index (χ3n) is 4.39. The normalized spacial score (nSPS) is 30.3. The van der Waals surface area contributed by atoms with E-state index in [9.17, 15) is 14.7 Å². The molecule has 20 heavy (non-hydrogen) atoms. The number of hydrogen-bond donors (Lipinski definition) is 1. The minimum Gasteiger partial charge on any atom is -0.480 e. The predicted molar refractivity (Wildman–Crippen MR) is 79.7 cm³/mol. The van der Waals surface area contributed by atoms with Crippen molar-refractivity contribution in [1.82, 2.24) is 9.80 Å². The molecule has 2 fully saturated rings. The van der Waals surface area contributed by atoms with Gasteiger partial charge in [0.15, 0.2) is 0 Å². The van der Waals surface area contributed by atoms with E-state index in [4.69, 9.17) is 0 Å². The number of nitrogens with zero attached hydrogens (tertiary/aromatic N) is 2. The van der Waals surface area contributed by atoms with Crippen LogP contribution in [0.15, 0.2) is 0 Å². The van der Waals surface area contributed by atoms with E-state index in [0.29, 0.717) is 17.6 Å². The Morgan fingerprint density at radius 2 is 2.10 bits per heavy atom. The summed E-state index contributed by atoms with van der Waals surface area (Å²) in [6.07, 6.45) is 1.82. The first-order valence-corrected chi connectivity index (χ1v) is 8.42. The summed E-state index contributed by atoms with van der Waals surface area (Å²) < 4.78 is 0. The second kappa shape index (κ2) is 6.24. The lowest BCUT2D eigenvalue weighted by Crippen LogP contribution is -2.51. The molecule has 2 rings (SSSR count). The van der Waals surface area contributed by atoms with E-state index in [-0.39, 0.29) is 11.4 Å². The van der Waals surface area contributed by atoms with Crippen molar-refractivity contribution in [3.05, 3.63) is 0 Å². The topological polar surface area (TPSA) is 60.9 Å². The number of rotatable bonds is 3. The maximum atomic E-state index is 12.7. The fourth-order valence-corrected chi connectivity index (χ4v) is 4.33. The maximum absolute atomic E-state index is 12.7. The van der Waals surface area contributed by atoms with Crippen LogP contribution < -0.4 is 0 Å². The number of carbonyl (C=O) groups is 2. The van der Waals surface area contributed by atoms with Crippen LogP contribution in [0.25, 0.3) is 0 Å². The molecule has 2 aliphatic heterocycles. The summed E-state index contributed by atoms with van der Waals surface area (Å²) in [5, 5.41) is 9.30. The number of aliphatic carboxylic acids is 1. The molecule has 3 unspecified atom stereocenters. The molecule has 0 radical (unpaired) electrons. The number of thioether (sulfide) groups is 1. The quantitative estimate of drug-likeness (QED) is 0.869. The monoisotopic (exact) mass is 300 g/mol. The van der Waals surface area contributed by atoms with Crippen LogP contribution in [0, 0.1) is 11.8 Å². The van der Waals surface area contributed by atoms with Crippen molar-refractivity contribution in [3.63, 3.8) is 0 Å². The van der Waals surface area contributed by atoms with E-state index in [1.165, 1.54) is 0 Å². The highest BCUT2D eigenvalue weighted by Crippen LogP contribution is 2.34. The Kier molecular flexibility index (Phi) is 4.83. The molecular formula is C14H24N2O3S. The van der Waals surface area contributed by atoms with Crippen LogP contribution in [0.2, 0.25) is 0 Å². The van der Waals surface area contributed by atoms with Gasteiger partial charge in [0.25, 0.3) is 0 Å². The van der Waals surface area contributed by atoms with Gasteiger partial charge < -0.3 is 10.0 Å². The lowest BCUT2D eigenvalue weighted by molar-refractivity contribution is -0.141. The van der Waals surface area contributed by atoms with Gasteiger partial charge in [-0.3, -0.25) is 4.90 Å². The highest BCUT2D eigenvalue weighted by Gasteiger charge is 2.43. The van der Waals surface area contributed by atoms with Crippen molar-refractivity contribution in [3.8, 4) is 0 Å². The molecule has 0 aromatic heterocycles. The summed E-state index contributed by atoms with van der Waals surface area (Å²) in [5.74, 6) is 0.720. The van der Waals surface area contributed by atoms with Crippen molar-refractivity contribution >= 4 is 23.8 Å². The fraction of sp³-hybridized carbons (Fsp3) is 0.857. The zero-order valence-electron chi connectivity index (χ0n) is 12.4. The van der Waals surface area contributed by atoms with E-state index in [2.05, 4.69) is 13.8 Å². The summed E-state index contributed by atoms with van der Waals surface area (Å²) >= 11 is 1.58. The number of hydrogen-bond acceptors (Lipinski definition) is 3. The molecule has 0 aromatic carbocycles. The third kappa shape index (κ3) is 2.90. The van der Waals surface area contributed by atoms with Crippen molar-refractivity contribution in [2.24, 2.45) is 11.8 Å². The molecule has 0 saturated carbocycles. The van der Waals surface area contributed by atoms with Gasteiger partial charge >= 0.3 is 12.0 Å². The number of amides is 2. The Morgan fingerprint density at radius 3 is 2.60 bits per heavy atom. The van der Waals surface area contributed by atoms with Crippen molar-refractivity contribution in [1.29, 1.82) is 0 Å². The smallest absolute Gasteiger partial charge is 0.327 e. The first kappa shape index (κ1) is 15.5. The van der Waals surface area contributed by atoms with Crippen LogP contribution in [0.3, 0.4) is 0 Å². The van der Waals surface area contributed by atoms with E-state index in [1.807, 2.05) is 11.8 Å². The lowest BCUT2D eigenvalue weighted by Gasteiger charge is -2.31. The molecule has 0 spiro atoms. The second-order valence-electron chi connectivity index (χ2n) is 5.98. The van der Waals surface area contributed by atoms with Crippen molar-refractivity contribution < 1.29 is 14.7 Å². The Balaban J connectivity index is 2.08. The summed E-state index contributed by atoms with van der Waals surface area (Å²) in [6.45, 7) is 7.88. The summed E-state index contributed by atoms with van der Waals surface area (Å²) in [5.41, 5.74) is 0. The van der Waals surface area contributed by atoms with E-state index in [0.717, 1.165) is 25.9 Å². The molecule has 5 nitrogen and oxygen atoms in total. The number of likely N-dealkylation sites (tertiary alicyclic amines) is 1. The maximum Gasteiger partial charge on any atom is 0.327 e. The molecule has 0 aliphatic carbocycles. The predicted octanol–water partition coefficient (Wildman–Crippen LogP) is 2.32. The minimum absolute atomic E-state index is 0.00157. The van der Waals surface area contributed by atoms with Gasteiger partial charge in [-0.15, -0.1) is 11.8 Å². The first-order chi connectivity index (χ1) is 9.45. The van der Waals surface area contributed by atoms with Gasteiger partial charge in [-0.05, 0) is 24.7 Å². The molecule has 2 heterocycles. The second-order valence-corrected chi connectivity index (χ2v) is 7.19. The zero-order chi connectivity index (χ0) is 14.9. The van der Waals surface area contributed by atoms with Gasteiger partial charge in [-0.1, -0.05) is 20.8 Å². The van der Waals surface area contributed by atoms with Crippen molar-refractivity contribution in [2.75, 3.05) is 18.8 Å². The number of urea groups is 1. The van der Waals surface area contributed by atoms with Crippen LogP contribution in [0.5, 0.6) is 0 Å². The van der Waals surface area contributed by atoms with Crippen molar-refractivity contribution in [2.45, 2.75) is 45.0 Å². The zero-order valence-corrected chi connectivity index (χ0v) is 13.2. The highest BCUT2D eigenvalue weighted by atomic mass is 32.2. The molecule has 6 heteroatoms. The number of carbonyl (C=O) groups excluding carboxylic acids is 1. The van der Waals surface area contributed by atoms with E-state index >= 15 is 0 Å². The van der Waals surface area contributed by atoms with Gasteiger partial charge in [0, 0.05) is 18.8 Å². The van der Waals surface area contributed by atoms with Crippen LogP contribution in [-0.4, -0.2) is 57.2 Å². The standard InChI is InChI=1S/C14H24N2O3S/c1-4-12-16(11(8-20-12)13(17)18)14(19)15-6-5-10(7-15)9(2)3/h9-12H,4-8H2,1-3H3,(H,17,18). The molecule has 114 valence electrons. The average Bonchev–Trinajstić information content (AvgIpc) is 3.04. The summed E-state index contributed by atoms with van der Waals surface area (Å²) in [4.78, 5) is 27.5. The highest BCUT2D eigenvalue weighted by molar-refractivity contribution is 8.00. The molecule has 2 amide bonds. The SMILES string of the molecule is CCC1SCC(C(=O)O)N1C(=O)N1CCC(C(C)C)C1. The molecular weight excluding hydrogens is 276 g/mol. The molecule has 1 N–H and O–H groups in total. The molecule has 0 aromatic rings. The van der Waals surface area contributed by atoms with Gasteiger partial charge in [0.2, 0.25) is 0 Å². The summed E-state index contributed by atoms with van der Waals surface area (Å²) in [7, 11) is 0. The average molecular weight is 300 g/mol. The third-order valence-corrected chi connectivity index (χ3v) is 5.84. The molecule has 3 atom stereocenters. The van der Waals surface area contributed by atoms with Gasteiger partial charge in [0.05, 0.1) is 5.37 Å². The minimum atomic E-state index is -0.888. The Labute approximate surface area is 124 Å². The largest absolute Gasteiger partial charge is 0.480 e. The van der Waals surface area contributed by atoms with Crippen LogP contribution >= 0.6 is 11.8 Å². The summed E-state index contributed by atoms with van der Waals surface area (Å²) in [6, 6.07) is -0.757. The number of carboxylic acids is 1. The van der Waals surface area contributed by atoms with E-state index < -0.39 is 12.0 Å². The Hall–Kier alpha value is -0.910. The lowest BCUT2D eigenvalue weighted by atomic mass is 9.95. The van der Waals surface area contributed by atoms with Crippen LogP contribution in [0.1, 0.15) is 33.6 Å². The first-order valence-electron chi connectivity index (χ1n) is 7.37. The van der Waals surface area contributed by atoms with Crippen LogP contribution in [-0.2, 0) is 4.79 Å². The Morgan fingerprint density at radius 1 is 1.40 bits per heavy atom. The molecule has 2 aliphatic rings. The van der Waals surface area contributed by atoms with Gasteiger partial charge in [-0.25, -0.2) is 9.59 Å². The Bertz CT molecular complexity index is 389. The number of carboxylic acid groups (broad SMARTS) is 1. The fourth-order valence-electron chi connectivity index (χ4n) is 2.99. The van der Waals surface area contributed by atoms with E-state index in [1.54, 1.807) is 16.7 Å². The van der Waals surface area contributed by atoms with Gasteiger partial charge in [0.1, 0.15) is 6.04 Å². The molecule has 0 bridgehead atoms.